The quantitative estimate of drug-likeness (QED) is 0.778. The van der Waals surface area contributed by atoms with E-state index in [9.17, 15) is 23.5 Å². The largest absolute Gasteiger partial charge is 0.467 e. The summed E-state index contributed by atoms with van der Waals surface area (Å²) in [4.78, 5) is 22.9. The molecule has 0 radical (unpaired) electrons. The summed E-state index contributed by atoms with van der Waals surface area (Å²) < 4.78 is 35.7. The number of amides is 1. The topological polar surface area (TPSA) is 84.9 Å². The Morgan fingerprint density at radius 3 is 2.32 bits per heavy atom. The lowest BCUT2D eigenvalue weighted by Crippen LogP contribution is -2.37. The Morgan fingerprint density at radius 2 is 1.72 bits per heavy atom. The van der Waals surface area contributed by atoms with Gasteiger partial charge in [0.2, 0.25) is 0 Å². The van der Waals surface area contributed by atoms with E-state index >= 15 is 0 Å². The fourth-order valence-electron chi connectivity index (χ4n) is 1.86. The molecule has 0 bridgehead atoms. The first-order chi connectivity index (χ1) is 11.9. The van der Waals surface area contributed by atoms with Gasteiger partial charge in [-0.3, -0.25) is 4.79 Å². The minimum Gasteiger partial charge on any atom is -0.467 e. The molecule has 2 aromatic carbocycles. The molecule has 8 heteroatoms. The van der Waals surface area contributed by atoms with Gasteiger partial charge in [-0.05, 0) is 36.4 Å². The second-order valence-corrected chi connectivity index (χ2v) is 4.95. The summed E-state index contributed by atoms with van der Waals surface area (Å²) >= 11 is 0. The molecule has 0 aliphatic carbocycles. The van der Waals surface area contributed by atoms with Gasteiger partial charge in [-0.1, -0.05) is 0 Å². The molecule has 0 heterocycles. The SMILES string of the molecule is COC(=O)[C@H](O)CNC(=O)c1ccc(Oc2ccc(F)c(F)c2)cc1. The minimum atomic E-state index is -1.45. The Morgan fingerprint density at radius 1 is 1.08 bits per heavy atom. The first-order valence-corrected chi connectivity index (χ1v) is 7.17. The summed E-state index contributed by atoms with van der Waals surface area (Å²) in [7, 11) is 1.12. The van der Waals surface area contributed by atoms with E-state index < -0.39 is 29.6 Å². The Labute approximate surface area is 142 Å². The number of hydrogen-bond donors (Lipinski definition) is 2. The fourth-order valence-corrected chi connectivity index (χ4v) is 1.86. The van der Waals surface area contributed by atoms with Crippen LogP contribution in [0, 0.1) is 11.6 Å². The highest BCUT2D eigenvalue weighted by Gasteiger charge is 2.16. The number of benzene rings is 2. The molecule has 0 aliphatic rings. The number of carbonyl (C=O) groups is 2. The van der Waals surface area contributed by atoms with Gasteiger partial charge in [0.15, 0.2) is 17.7 Å². The van der Waals surface area contributed by atoms with Crippen molar-refractivity contribution in [3.63, 3.8) is 0 Å². The van der Waals surface area contributed by atoms with Gasteiger partial charge < -0.3 is 19.9 Å². The van der Waals surface area contributed by atoms with E-state index in [-0.39, 0.29) is 17.9 Å². The zero-order valence-corrected chi connectivity index (χ0v) is 13.2. The summed E-state index contributed by atoms with van der Waals surface area (Å²) in [6.45, 7) is -0.293. The van der Waals surface area contributed by atoms with Gasteiger partial charge in [0.25, 0.3) is 5.91 Å². The third-order valence-electron chi connectivity index (χ3n) is 3.17. The van der Waals surface area contributed by atoms with Crippen LogP contribution in [0.15, 0.2) is 42.5 Å². The minimum absolute atomic E-state index is 0.109. The molecular formula is C17H15F2NO5. The average molecular weight is 351 g/mol. The number of methoxy groups -OCH3 is 1. The summed E-state index contributed by atoms with van der Waals surface area (Å²) in [5.41, 5.74) is 0.259. The molecular weight excluding hydrogens is 336 g/mol. The fraction of sp³-hybridized carbons (Fsp3) is 0.176. The monoisotopic (exact) mass is 351 g/mol. The van der Waals surface area contributed by atoms with Gasteiger partial charge in [-0.15, -0.1) is 0 Å². The molecule has 0 saturated heterocycles. The molecule has 2 rings (SSSR count). The molecule has 1 atom stereocenters. The predicted molar refractivity (Wildman–Crippen MR) is 83.2 cm³/mol. The molecule has 1 amide bonds. The lowest BCUT2D eigenvalue weighted by atomic mass is 10.2. The van der Waals surface area contributed by atoms with Gasteiger partial charge in [-0.2, -0.15) is 0 Å². The predicted octanol–water partition coefficient (Wildman–Crippen LogP) is 2.02. The number of rotatable bonds is 6. The number of nitrogens with one attached hydrogen (secondary N) is 1. The number of halogens is 2. The number of aliphatic hydroxyl groups is 1. The maximum Gasteiger partial charge on any atom is 0.336 e. The van der Waals surface area contributed by atoms with Gasteiger partial charge >= 0.3 is 5.97 Å². The maximum atomic E-state index is 13.1. The second kappa shape index (κ2) is 8.20. The summed E-state index contributed by atoms with van der Waals surface area (Å²) in [5.74, 6) is -2.95. The van der Waals surface area contributed by atoms with Crippen molar-refractivity contribution in [2.45, 2.75) is 6.10 Å². The van der Waals surface area contributed by atoms with E-state index in [4.69, 9.17) is 4.74 Å². The van der Waals surface area contributed by atoms with Crippen molar-refractivity contribution in [1.29, 1.82) is 0 Å². The Kier molecular flexibility index (Phi) is 6.02. The first kappa shape index (κ1) is 18.3. The van der Waals surface area contributed by atoms with Crippen molar-refractivity contribution >= 4 is 11.9 Å². The molecule has 2 N–H and O–H groups in total. The average Bonchev–Trinajstić information content (AvgIpc) is 2.62. The Balaban J connectivity index is 1.95. The van der Waals surface area contributed by atoms with Crippen LogP contribution >= 0.6 is 0 Å². The highest BCUT2D eigenvalue weighted by molar-refractivity contribution is 5.94. The van der Waals surface area contributed by atoms with Crippen molar-refractivity contribution in [3.8, 4) is 11.5 Å². The number of ether oxygens (including phenoxy) is 2. The van der Waals surface area contributed by atoms with E-state index in [1.165, 1.54) is 30.3 Å². The molecule has 132 valence electrons. The molecule has 0 fully saturated rings. The molecule has 0 spiro atoms. The molecule has 0 aliphatic heterocycles. The van der Waals surface area contributed by atoms with Crippen molar-refractivity contribution in [3.05, 3.63) is 59.7 Å². The number of hydrogen-bond acceptors (Lipinski definition) is 5. The van der Waals surface area contributed by atoms with Crippen LogP contribution in [-0.2, 0) is 9.53 Å². The molecule has 0 aromatic heterocycles. The highest BCUT2D eigenvalue weighted by Crippen LogP contribution is 2.23. The van der Waals surface area contributed by atoms with Crippen molar-refractivity contribution in [2.24, 2.45) is 0 Å². The van der Waals surface area contributed by atoms with Crippen LogP contribution in [0.5, 0.6) is 11.5 Å². The second-order valence-electron chi connectivity index (χ2n) is 4.95. The van der Waals surface area contributed by atoms with E-state index in [0.717, 1.165) is 19.2 Å². The van der Waals surface area contributed by atoms with E-state index in [1.807, 2.05) is 0 Å². The van der Waals surface area contributed by atoms with Gasteiger partial charge in [-0.25, -0.2) is 13.6 Å². The Bertz CT molecular complexity index is 764. The number of carbonyl (C=O) groups excluding carboxylic acids is 2. The molecule has 0 unspecified atom stereocenters. The number of aliphatic hydroxyl groups excluding tert-OH is 1. The van der Waals surface area contributed by atoms with Crippen molar-refractivity contribution < 1.29 is 33.0 Å². The molecule has 0 saturated carbocycles. The van der Waals surface area contributed by atoms with Crippen LogP contribution in [0.4, 0.5) is 8.78 Å². The molecule has 6 nitrogen and oxygen atoms in total. The Hall–Kier alpha value is -3.00. The summed E-state index contributed by atoms with van der Waals surface area (Å²) in [5, 5.41) is 11.8. The third kappa shape index (κ3) is 4.98. The van der Waals surface area contributed by atoms with Gasteiger partial charge in [0.1, 0.15) is 11.5 Å². The smallest absolute Gasteiger partial charge is 0.336 e. The van der Waals surface area contributed by atoms with Crippen LogP contribution < -0.4 is 10.1 Å². The van der Waals surface area contributed by atoms with Crippen LogP contribution in [0.25, 0.3) is 0 Å². The van der Waals surface area contributed by atoms with E-state index in [1.54, 1.807) is 0 Å². The highest BCUT2D eigenvalue weighted by atomic mass is 19.2. The number of esters is 1. The van der Waals surface area contributed by atoms with E-state index in [0.29, 0.717) is 5.75 Å². The lowest BCUT2D eigenvalue weighted by Gasteiger charge is -2.10. The van der Waals surface area contributed by atoms with Crippen molar-refractivity contribution in [1.82, 2.24) is 5.32 Å². The summed E-state index contributed by atoms with van der Waals surface area (Å²) in [6, 6.07) is 8.93. The van der Waals surface area contributed by atoms with Crippen LogP contribution in [0.1, 0.15) is 10.4 Å². The first-order valence-electron chi connectivity index (χ1n) is 7.17. The molecule has 2 aromatic rings. The van der Waals surface area contributed by atoms with Crippen molar-refractivity contribution in [2.75, 3.05) is 13.7 Å². The normalized spacial score (nSPS) is 11.5. The van der Waals surface area contributed by atoms with Crippen LogP contribution in [0.3, 0.4) is 0 Å². The van der Waals surface area contributed by atoms with E-state index in [2.05, 4.69) is 10.1 Å². The zero-order chi connectivity index (χ0) is 18.4. The zero-order valence-electron chi connectivity index (χ0n) is 13.2. The standard InChI is InChI=1S/C17H15F2NO5/c1-24-17(23)15(21)9-20-16(22)10-2-4-11(5-3-10)25-12-6-7-13(18)14(19)8-12/h2-8,15,21H,9H2,1H3,(H,20,22)/t15-/m1/s1. The summed E-state index contributed by atoms with van der Waals surface area (Å²) in [6.07, 6.45) is -1.45. The van der Waals surface area contributed by atoms with Crippen LogP contribution in [-0.4, -0.2) is 36.7 Å². The van der Waals surface area contributed by atoms with Gasteiger partial charge in [0.05, 0.1) is 13.7 Å². The molecule has 25 heavy (non-hydrogen) atoms. The lowest BCUT2D eigenvalue weighted by molar-refractivity contribution is -0.149. The van der Waals surface area contributed by atoms with Crippen LogP contribution in [0.2, 0.25) is 0 Å². The maximum absolute atomic E-state index is 13.1. The van der Waals surface area contributed by atoms with Gasteiger partial charge in [0, 0.05) is 11.6 Å². The third-order valence-corrected chi connectivity index (χ3v) is 3.17.